The molecule has 0 aromatic heterocycles. The van der Waals surface area contributed by atoms with Gasteiger partial charge in [-0.05, 0) is 66.7 Å². The molecule has 0 radical (unpaired) electrons. The number of benzene rings is 2. The monoisotopic (exact) mass is 537 g/mol. The Labute approximate surface area is 230 Å². The number of thioether (sulfide) groups is 1. The first-order chi connectivity index (χ1) is 18.6. The minimum absolute atomic E-state index is 0.121. The fourth-order valence-corrected chi connectivity index (χ4v) is 6.12. The molecule has 0 saturated carbocycles. The molecule has 0 aliphatic carbocycles. The van der Waals surface area contributed by atoms with Crippen molar-refractivity contribution in [2.75, 3.05) is 45.6 Å². The number of amides is 2. The number of aryl methyl sites for hydroxylation is 1. The Bertz CT molecular complexity index is 1090. The fourth-order valence-electron chi connectivity index (χ4n) is 5.03. The number of morpholine rings is 1. The van der Waals surface area contributed by atoms with Crippen LogP contribution in [0.5, 0.6) is 0 Å². The van der Waals surface area contributed by atoms with Gasteiger partial charge >= 0.3 is 0 Å². The molecular weight excluding hydrogens is 498 g/mol. The maximum Gasteiger partial charge on any atom is 0.255 e. The number of carbonyl (C=O) groups excluding carboxylic acids is 3. The Kier molecular flexibility index (Phi) is 10.8. The van der Waals surface area contributed by atoms with Crippen molar-refractivity contribution < 1.29 is 19.1 Å². The van der Waals surface area contributed by atoms with E-state index in [1.807, 2.05) is 12.1 Å². The summed E-state index contributed by atoms with van der Waals surface area (Å²) < 4.78 is 5.42. The number of ether oxygens (including phenoxy) is 1. The summed E-state index contributed by atoms with van der Waals surface area (Å²) in [6.45, 7) is 5.29. The quantitative estimate of drug-likeness (QED) is 0.225. The van der Waals surface area contributed by atoms with E-state index in [1.54, 1.807) is 23.7 Å². The number of fused-ring (bicyclic) bond motifs is 1. The molecule has 1 fully saturated rings. The van der Waals surface area contributed by atoms with Gasteiger partial charge in [0, 0.05) is 50.1 Å². The first-order valence-corrected chi connectivity index (χ1v) is 14.7. The Morgan fingerprint density at radius 1 is 1.08 bits per heavy atom. The number of unbranched alkanes of at least 4 members (excludes halogenated alkanes) is 1. The molecule has 204 valence electrons. The lowest BCUT2D eigenvalue weighted by molar-refractivity contribution is -0.121. The van der Waals surface area contributed by atoms with Gasteiger partial charge in [-0.3, -0.25) is 14.5 Å². The third-order valence-electron chi connectivity index (χ3n) is 7.42. The van der Waals surface area contributed by atoms with Crippen molar-refractivity contribution in [3.8, 4) is 0 Å². The minimum Gasteiger partial charge on any atom is -0.379 e. The summed E-state index contributed by atoms with van der Waals surface area (Å²) in [5.41, 5.74) is 4.45. The lowest BCUT2D eigenvalue weighted by atomic mass is 10.0. The van der Waals surface area contributed by atoms with Crippen LogP contribution in [0.25, 0.3) is 0 Å². The smallest absolute Gasteiger partial charge is 0.255 e. The molecule has 2 aromatic carbocycles. The van der Waals surface area contributed by atoms with Gasteiger partial charge in [0.2, 0.25) is 5.91 Å². The Hall–Kier alpha value is -2.68. The van der Waals surface area contributed by atoms with Crippen molar-refractivity contribution in [2.45, 2.75) is 56.0 Å². The van der Waals surface area contributed by atoms with Gasteiger partial charge < -0.3 is 19.7 Å². The molecule has 1 saturated heterocycles. The maximum atomic E-state index is 13.0. The van der Waals surface area contributed by atoms with Crippen LogP contribution in [0.3, 0.4) is 0 Å². The zero-order valence-electron chi connectivity index (χ0n) is 22.3. The first-order valence-electron chi connectivity index (χ1n) is 13.7. The van der Waals surface area contributed by atoms with Crippen LogP contribution in [-0.2, 0) is 33.7 Å². The van der Waals surface area contributed by atoms with Crippen molar-refractivity contribution >= 4 is 29.9 Å². The second-order valence-electron chi connectivity index (χ2n) is 9.96. The van der Waals surface area contributed by atoms with Crippen LogP contribution in [-0.4, -0.2) is 79.6 Å². The summed E-state index contributed by atoms with van der Waals surface area (Å²) in [6.07, 6.45) is 5.70. The van der Waals surface area contributed by atoms with E-state index in [9.17, 15) is 14.4 Å². The average molecular weight is 538 g/mol. The van der Waals surface area contributed by atoms with Crippen molar-refractivity contribution in [3.05, 3.63) is 64.7 Å². The lowest BCUT2D eigenvalue weighted by Gasteiger charge is -2.26. The second kappa shape index (κ2) is 14.5. The van der Waals surface area contributed by atoms with Gasteiger partial charge in [-0.1, -0.05) is 30.3 Å². The number of nitrogens with one attached hydrogen (secondary N) is 1. The van der Waals surface area contributed by atoms with Crippen LogP contribution >= 0.6 is 11.8 Å². The van der Waals surface area contributed by atoms with Gasteiger partial charge in [-0.2, -0.15) is 0 Å². The third-order valence-corrected chi connectivity index (χ3v) is 8.60. The molecule has 2 heterocycles. The molecule has 1 atom stereocenters. The highest BCUT2D eigenvalue weighted by atomic mass is 32.2. The zero-order valence-corrected chi connectivity index (χ0v) is 23.1. The molecule has 1 unspecified atom stereocenters. The van der Waals surface area contributed by atoms with Gasteiger partial charge in [-0.25, -0.2) is 0 Å². The fraction of sp³-hybridized carbons (Fsp3) is 0.500. The summed E-state index contributed by atoms with van der Waals surface area (Å²) in [7, 11) is 1.57. The highest BCUT2D eigenvalue weighted by Gasteiger charge is 2.34. The van der Waals surface area contributed by atoms with E-state index in [2.05, 4.69) is 40.5 Å². The number of rotatable bonds is 14. The number of nitrogens with zero attached hydrogens (tertiary/aromatic N) is 2. The van der Waals surface area contributed by atoms with Crippen LogP contribution in [0.15, 0.2) is 47.4 Å². The topological polar surface area (TPSA) is 79.0 Å². The minimum atomic E-state index is -0.587. The molecule has 2 aliphatic rings. The van der Waals surface area contributed by atoms with E-state index in [1.165, 1.54) is 11.1 Å². The number of aldehydes is 1. The van der Waals surface area contributed by atoms with Gasteiger partial charge in [0.25, 0.3) is 5.91 Å². The molecule has 0 spiro atoms. The average Bonchev–Trinajstić information content (AvgIpc) is 3.30. The molecule has 2 aliphatic heterocycles. The van der Waals surface area contributed by atoms with Crippen LogP contribution < -0.4 is 5.32 Å². The molecule has 0 bridgehead atoms. The van der Waals surface area contributed by atoms with E-state index in [0.717, 1.165) is 81.0 Å². The summed E-state index contributed by atoms with van der Waals surface area (Å²) >= 11 is 1.78. The summed E-state index contributed by atoms with van der Waals surface area (Å²) in [4.78, 5) is 41.5. The van der Waals surface area contributed by atoms with E-state index in [0.29, 0.717) is 18.5 Å². The highest BCUT2D eigenvalue weighted by molar-refractivity contribution is 7.99. The Morgan fingerprint density at radius 3 is 2.53 bits per heavy atom. The number of hydrogen-bond donors (Lipinski definition) is 1. The molecular formula is C30H39N3O4S. The van der Waals surface area contributed by atoms with Crippen LogP contribution in [0.4, 0.5) is 0 Å². The predicted molar refractivity (Wildman–Crippen MR) is 151 cm³/mol. The summed E-state index contributed by atoms with van der Waals surface area (Å²) in [6, 6.07) is 14.3. The van der Waals surface area contributed by atoms with Gasteiger partial charge in [0.05, 0.1) is 19.3 Å². The highest BCUT2D eigenvalue weighted by Crippen LogP contribution is 2.34. The van der Waals surface area contributed by atoms with Crippen LogP contribution in [0.2, 0.25) is 0 Å². The van der Waals surface area contributed by atoms with E-state index in [-0.39, 0.29) is 18.2 Å². The zero-order chi connectivity index (χ0) is 26.7. The summed E-state index contributed by atoms with van der Waals surface area (Å²) in [5, 5.41) is 2.57. The van der Waals surface area contributed by atoms with E-state index < -0.39 is 6.04 Å². The third kappa shape index (κ3) is 7.68. The van der Waals surface area contributed by atoms with Crippen molar-refractivity contribution in [3.63, 3.8) is 0 Å². The first kappa shape index (κ1) is 28.3. The van der Waals surface area contributed by atoms with Crippen LogP contribution in [0.1, 0.15) is 52.7 Å². The van der Waals surface area contributed by atoms with E-state index >= 15 is 0 Å². The van der Waals surface area contributed by atoms with Gasteiger partial charge in [0.15, 0.2) is 0 Å². The van der Waals surface area contributed by atoms with Crippen molar-refractivity contribution in [1.29, 1.82) is 0 Å². The largest absolute Gasteiger partial charge is 0.379 e. The molecule has 1 N–H and O–H groups in total. The lowest BCUT2D eigenvalue weighted by Crippen LogP contribution is -2.37. The van der Waals surface area contributed by atoms with Gasteiger partial charge in [0.1, 0.15) is 6.29 Å². The standard InChI is InChI=1S/C30H39N3O4S/c1-31-29(35)13-12-25(22-34)33-21-27-26(30(33)36)6-4-7-28(27)38-20-3-2-5-23-8-10-24(11-9-23)14-15-32-16-18-37-19-17-32/h4,6-11,22,25H,2-3,5,12-21H2,1H3,(H,31,35). The van der Waals surface area contributed by atoms with E-state index in [4.69, 9.17) is 4.74 Å². The molecule has 2 amide bonds. The predicted octanol–water partition coefficient (Wildman–Crippen LogP) is 3.73. The Balaban J connectivity index is 1.20. The Morgan fingerprint density at radius 2 is 1.82 bits per heavy atom. The molecule has 8 heteroatoms. The summed E-state index contributed by atoms with van der Waals surface area (Å²) in [5.74, 6) is 0.734. The van der Waals surface area contributed by atoms with Gasteiger partial charge in [-0.15, -0.1) is 11.8 Å². The SMILES string of the molecule is CNC(=O)CCC(C=O)N1Cc2c(SCCCCc3ccc(CCN4CCOCC4)cc3)cccc2C1=O. The molecule has 38 heavy (non-hydrogen) atoms. The molecule has 4 rings (SSSR count). The van der Waals surface area contributed by atoms with Crippen molar-refractivity contribution in [1.82, 2.24) is 15.1 Å². The second-order valence-corrected chi connectivity index (χ2v) is 11.1. The number of carbonyl (C=O) groups is 3. The maximum absolute atomic E-state index is 13.0. The molecule has 2 aromatic rings. The normalized spacial score (nSPS) is 16.3. The number of hydrogen-bond acceptors (Lipinski definition) is 6. The van der Waals surface area contributed by atoms with Crippen LogP contribution in [0, 0.1) is 0 Å². The van der Waals surface area contributed by atoms with Crippen molar-refractivity contribution in [2.24, 2.45) is 0 Å². The molecule has 7 nitrogen and oxygen atoms in total.